The Morgan fingerprint density at radius 1 is 1.08 bits per heavy atom. The summed E-state index contributed by atoms with van der Waals surface area (Å²) in [6.07, 6.45) is -0.00216. The number of rotatable bonds is 7. The number of halogens is 1. The predicted molar refractivity (Wildman–Crippen MR) is 89.5 cm³/mol. The Labute approximate surface area is 144 Å². The smallest absolute Gasteiger partial charge is 0.326 e. The molecule has 2 rings (SSSR count). The number of hydrogen-bond acceptors (Lipinski definition) is 4. The van der Waals surface area contributed by atoms with Crippen molar-refractivity contribution < 1.29 is 24.2 Å². The van der Waals surface area contributed by atoms with E-state index in [1.165, 1.54) is 30.3 Å². The highest BCUT2D eigenvalue weighted by Gasteiger charge is 2.24. The molecular formula is C18H19FN2O4. The molecular weight excluding hydrogens is 327 g/mol. The van der Waals surface area contributed by atoms with Gasteiger partial charge in [0.1, 0.15) is 17.6 Å². The number of phenolic OH excluding ortho intramolecular Hbond substituents is 1. The largest absolute Gasteiger partial charge is 0.508 e. The van der Waals surface area contributed by atoms with Gasteiger partial charge in [0.05, 0.1) is 6.04 Å². The Kier molecular flexibility index (Phi) is 6.08. The van der Waals surface area contributed by atoms with E-state index in [0.717, 1.165) is 5.56 Å². The number of carboxylic acids is 1. The zero-order chi connectivity index (χ0) is 18.4. The lowest BCUT2D eigenvalue weighted by atomic mass is 10.0. The maximum absolute atomic E-state index is 13.7. The first-order valence-corrected chi connectivity index (χ1v) is 7.67. The fourth-order valence-electron chi connectivity index (χ4n) is 2.34. The first-order chi connectivity index (χ1) is 11.9. The molecule has 0 aliphatic carbocycles. The first-order valence-electron chi connectivity index (χ1n) is 7.67. The summed E-state index contributed by atoms with van der Waals surface area (Å²) in [4.78, 5) is 23.5. The minimum atomic E-state index is -1.28. The van der Waals surface area contributed by atoms with Crippen molar-refractivity contribution in [3.05, 3.63) is 65.5 Å². The van der Waals surface area contributed by atoms with Crippen LogP contribution < -0.4 is 11.1 Å². The minimum Gasteiger partial charge on any atom is -0.508 e. The molecule has 0 aromatic heterocycles. The third kappa shape index (κ3) is 5.29. The van der Waals surface area contributed by atoms with Gasteiger partial charge in [-0.2, -0.15) is 0 Å². The third-order valence-electron chi connectivity index (χ3n) is 3.73. The zero-order valence-corrected chi connectivity index (χ0v) is 13.4. The van der Waals surface area contributed by atoms with Gasteiger partial charge in [-0.15, -0.1) is 0 Å². The van der Waals surface area contributed by atoms with Crippen LogP contribution in [0.4, 0.5) is 4.39 Å². The van der Waals surface area contributed by atoms with Crippen molar-refractivity contribution in [3.63, 3.8) is 0 Å². The fraction of sp³-hybridized carbons (Fsp3) is 0.222. The fourth-order valence-corrected chi connectivity index (χ4v) is 2.34. The highest BCUT2D eigenvalue weighted by molar-refractivity contribution is 5.87. The summed E-state index contributed by atoms with van der Waals surface area (Å²) in [5.74, 6) is -2.35. The van der Waals surface area contributed by atoms with Crippen molar-refractivity contribution in [2.75, 3.05) is 0 Å². The molecule has 0 saturated heterocycles. The van der Waals surface area contributed by atoms with Crippen molar-refractivity contribution in [1.29, 1.82) is 0 Å². The van der Waals surface area contributed by atoms with E-state index < -0.39 is 29.8 Å². The van der Waals surface area contributed by atoms with Gasteiger partial charge >= 0.3 is 5.97 Å². The van der Waals surface area contributed by atoms with Gasteiger partial charge in [0.25, 0.3) is 0 Å². The number of aromatic hydroxyl groups is 1. The second-order valence-electron chi connectivity index (χ2n) is 5.67. The highest BCUT2D eigenvalue weighted by Crippen LogP contribution is 2.12. The number of carbonyl (C=O) groups is 2. The van der Waals surface area contributed by atoms with E-state index in [-0.39, 0.29) is 24.2 Å². The van der Waals surface area contributed by atoms with E-state index in [9.17, 15) is 24.2 Å². The molecule has 0 radical (unpaired) electrons. The molecule has 1 amide bonds. The van der Waals surface area contributed by atoms with Crippen LogP contribution in [-0.2, 0) is 22.4 Å². The topological polar surface area (TPSA) is 113 Å². The average Bonchev–Trinajstić information content (AvgIpc) is 2.57. The summed E-state index contributed by atoms with van der Waals surface area (Å²) in [6, 6.07) is 9.72. The van der Waals surface area contributed by atoms with Gasteiger partial charge in [-0.1, -0.05) is 30.3 Å². The van der Waals surface area contributed by atoms with Crippen molar-refractivity contribution >= 4 is 11.9 Å². The van der Waals surface area contributed by atoms with Gasteiger partial charge in [-0.3, -0.25) is 4.79 Å². The summed E-state index contributed by atoms with van der Waals surface area (Å²) >= 11 is 0. The summed E-state index contributed by atoms with van der Waals surface area (Å²) < 4.78 is 13.7. The molecule has 0 spiro atoms. The number of nitrogens with two attached hydrogens (primary N) is 1. The lowest BCUT2D eigenvalue weighted by Crippen LogP contribution is -2.50. The van der Waals surface area contributed by atoms with E-state index in [2.05, 4.69) is 5.32 Å². The lowest BCUT2D eigenvalue weighted by Gasteiger charge is -2.18. The molecule has 0 fully saturated rings. The van der Waals surface area contributed by atoms with E-state index in [0.29, 0.717) is 0 Å². The molecule has 132 valence electrons. The quantitative estimate of drug-likeness (QED) is 0.602. The molecule has 6 nitrogen and oxygen atoms in total. The van der Waals surface area contributed by atoms with E-state index >= 15 is 0 Å². The second-order valence-corrected chi connectivity index (χ2v) is 5.67. The van der Waals surface area contributed by atoms with E-state index in [1.54, 1.807) is 18.2 Å². The maximum Gasteiger partial charge on any atom is 0.326 e. The van der Waals surface area contributed by atoms with Crippen LogP contribution in [0, 0.1) is 5.82 Å². The molecule has 7 heteroatoms. The second kappa shape index (κ2) is 8.25. The lowest BCUT2D eigenvalue weighted by molar-refractivity contribution is -0.142. The number of nitrogens with one attached hydrogen (secondary N) is 1. The number of carboxylic acid groups (broad SMARTS) is 1. The Balaban J connectivity index is 2.00. The number of benzene rings is 2. The number of aliphatic carboxylic acids is 1. The van der Waals surface area contributed by atoms with Crippen LogP contribution in [0.25, 0.3) is 0 Å². The zero-order valence-electron chi connectivity index (χ0n) is 13.4. The summed E-state index contributed by atoms with van der Waals surface area (Å²) in [7, 11) is 0. The van der Waals surface area contributed by atoms with Crippen LogP contribution in [0.2, 0.25) is 0 Å². The molecule has 0 aliphatic heterocycles. The normalized spacial score (nSPS) is 13.0. The summed E-state index contributed by atoms with van der Waals surface area (Å²) in [5, 5.41) is 20.9. The van der Waals surface area contributed by atoms with Gasteiger partial charge in [-0.25, -0.2) is 9.18 Å². The van der Waals surface area contributed by atoms with Crippen molar-refractivity contribution in [3.8, 4) is 5.75 Å². The van der Waals surface area contributed by atoms with Crippen molar-refractivity contribution in [2.45, 2.75) is 24.9 Å². The minimum absolute atomic E-state index is 0.0950. The SMILES string of the molecule is NC(Cc1ccc(O)cc1)C(=O)N[C@@H](Cc1ccccc1F)C(=O)O. The molecule has 0 bridgehead atoms. The molecule has 25 heavy (non-hydrogen) atoms. The molecule has 2 aromatic rings. The monoisotopic (exact) mass is 346 g/mol. The molecule has 5 N–H and O–H groups in total. The molecule has 0 heterocycles. The van der Waals surface area contributed by atoms with Crippen LogP contribution in [0.3, 0.4) is 0 Å². The van der Waals surface area contributed by atoms with Gasteiger partial charge in [0, 0.05) is 6.42 Å². The number of carbonyl (C=O) groups excluding carboxylic acids is 1. The van der Waals surface area contributed by atoms with Gasteiger partial charge in [-0.05, 0) is 35.7 Å². The highest BCUT2D eigenvalue weighted by atomic mass is 19.1. The van der Waals surface area contributed by atoms with Crippen LogP contribution >= 0.6 is 0 Å². The first kappa shape index (κ1) is 18.4. The Hall–Kier alpha value is -2.93. The number of amides is 1. The van der Waals surface area contributed by atoms with Crippen LogP contribution in [-0.4, -0.2) is 34.2 Å². The van der Waals surface area contributed by atoms with Gasteiger partial charge in [0.15, 0.2) is 0 Å². The number of phenols is 1. The third-order valence-corrected chi connectivity index (χ3v) is 3.73. The average molecular weight is 346 g/mol. The Morgan fingerprint density at radius 3 is 2.32 bits per heavy atom. The van der Waals surface area contributed by atoms with Crippen LogP contribution in [0.5, 0.6) is 5.75 Å². The predicted octanol–water partition coefficient (Wildman–Crippen LogP) is 1.21. The molecule has 1 unspecified atom stereocenters. The van der Waals surface area contributed by atoms with Gasteiger partial charge < -0.3 is 21.3 Å². The van der Waals surface area contributed by atoms with Gasteiger partial charge in [0.2, 0.25) is 5.91 Å². The molecule has 0 saturated carbocycles. The molecule has 0 aliphatic rings. The van der Waals surface area contributed by atoms with Crippen LogP contribution in [0.15, 0.2) is 48.5 Å². The Bertz CT molecular complexity index is 749. The van der Waals surface area contributed by atoms with Crippen molar-refractivity contribution in [2.24, 2.45) is 5.73 Å². The number of hydrogen-bond donors (Lipinski definition) is 4. The summed E-state index contributed by atoms with van der Waals surface area (Å²) in [5.41, 5.74) is 6.74. The maximum atomic E-state index is 13.7. The van der Waals surface area contributed by atoms with Crippen LogP contribution in [0.1, 0.15) is 11.1 Å². The van der Waals surface area contributed by atoms with E-state index in [1.807, 2.05) is 0 Å². The summed E-state index contributed by atoms with van der Waals surface area (Å²) in [6.45, 7) is 0. The molecule has 2 aromatic carbocycles. The van der Waals surface area contributed by atoms with Crippen molar-refractivity contribution in [1.82, 2.24) is 5.32 Å². The molecule has 2 atom stereocenters. The Morgan fingerprint density at radius 2 is 1.72 bits per heavy atom. The standard InChI is InChI=1S/C18H19FN2O4/c19-14-4-2-1-3-12(14)10-16(18(24)25)21-17(23)15(20)9-11-5-7-13(22)8-6-11/h1-8,15-16,22H,9-10,20H2,(H,21,23)(H,24,25)/t15?,16-/m0/s1. The van der Waals surface area contributed by atoms with E-state index in [4.69, 9.17) is 5.73 Å².